The van der Waals surface area contributed by atoms with E-state index in [-0.39, 0.29) is 11.6 Å². The van der Waals surface area contributed by atoms with Crippen molar-refractivity contribution in [1.29, 1.82) is 0 Å². The standard InChI is InChI=1S/C27H29ClN2O5/c1-3-34-23-15-19(14-22(28)24(23)35-16-18-9-7-8-17(2)12-18)13-21-25(31)29-27(33)30(26(21)32)20-10-5-4-6-11-20/h7-9,12-15,20H,3-6,10-11,16H2,1-2H3,(H,29,31,33). The SMILES string of the molecule is CCOc1cc(C=C2C(=O)NC(=O)N(C3CCCCC3)C2=O)cc(Cl)c1OCc1cccc(C)c1. The summed E-state index contributed by atoms with van der Waals surface area (Å²) in [6, 6.07) is 10.4. The second kappa shape index (κ2) is 11.0. The third-order valence-corrected chi connectivity index (χ3v) is 6.46. The van der Waals surface area contributed by atoms with Gasteiger partial charge in [-0.25, -0.2) is 4.79 Å². The number of halogens is 1. The average Bonchev–Trinajstić information content (AvgIpc) is 2.82. The molecule has 0 bridgehead atoms. The second-order valence-electron chi connectivity index (χ2n) is 8.83. The fraction of sp³-hybridized carbons (Fsp3) is 0.370. The average molecular weight is 497 g/mol. The molecule has 1 heterocycles. The van der Waals surface area contributed by atoms with Crippen LogP contribution in [0.5, 0.6) is 11.5 Å². The topological polar surface area (TPSA) is 84.9 Å². The van der Waals surface area contributed by atoms with Gasteiger partial charge in [-0.15, -0.1) is 0 Å². The Morgan fingerprint density at radius 3 is 2.57 bits per heavy atom. The summed E-state index contributed by atoms with van der Waals surface area (Å²) in [4.78, 5) is 39.4. The first-order valence-corrected chi connectivity index (χ1v) is 12.3. The second-order valence-corrected chi connectivity index (χ2v) is 9.23. The molecule has 1 saturated heterocycles. The smallest absolute Gasteiger partial charge is 0.331 e. The molecule has 4 rings (SSSR count). The maximum atomic E-state index is 13.2. The Hall–Kier alpha value is -3.32. The number of urea groups is 1. The first-order valence-electron chi connectivity index (χ1n) is 11.9. The van der Waals surface area contributed by atoms with E-state index in [1.54, 1.807) is 12.1 Å². The number of nitrogens with one attached hydrogen (secondary N) is 1. The first-order chi connectivity index (χ1) is 16.9. The minimum absolute atomic E-state index is 0.109. The zero-order valence-electron chi connectivity index (χ0n) is 19.9. The molecule has 2 aromatic rings. The number of imide groups is 2. The van der Waals surface area contributed by atoms with E-state index in [0.717, 1.165) is 43.2 Å². The van der Waals surface area contributed by atoms with Crippen molar-refractivity contribution in [3.63, 3.8) is 0 Å². The fourth-order valence-corrected chi connectivity index (χ4v) is 4.81. The Morgan fingerprint density at radius 1 is 1.09 bits per heavy atom. The zero-order valence-corrected chi connectivity index (χ0v) is 20.7. The van der Waals surface area contributed by atoms with Gasteiger partial charge in [0, 0.05) is 6.04 Å². The van der Waals surface area contributed by atoms with Crippen molar-refractivity contribution in [3.05, 3.63) is 63.7 Å². The number of ether oxygens (including phenoxy) is 2. The summed E-state index contributed by atoms with van der Waals surface area (Å²) >= 11 is 6.55. The van der Waals surface area contributed by atoms with E-state index in [0.29, 0.717) is 35.3 Å². The Balaban J connectivity index is 1.62. The molecule has 1 saturated carbocycles. The minimum Gasteiger partial charge on any atom is -0.490 e. The van der Waals surface area contributed by atoms with Gasteiger partial charge < -0.3 is 9.47 Å². The van der Waals surface area contributed by atoms with E-state index in [2.05, 4.69) is 5.32 Å². The summed E-state index contributed by atoms with van der Waals surface area (Å²) in [5.41, 5.74) is 2.51. The molecular weight excluding hydrogens is 468 g/mol. The zero-order chi connectivity index (χ0) is 24.9. The van der Waals surface area contributed by atoms with Gasteiger partial charge in [0.15, 0.2) is 11.5 Å². The number of nitrogens with zero attached hydrogens (tertiary/aromatic N) is 1. The van der Waals surface area contributed by atoms with Crippen molar-refractivity contribution < 1.29 is 23.9 Å². The van der Waals surface area contributed by atoms with Crippen LogP contribution in [0.15, 0.2) is 42.0 Å². The van der Waals surface area contributed by atoms with Crippen LogP contribution in [0.2, 0.25) is 5.02 Å². The molecule has 2 aromatic carbocycles. The van der Waals surface area contributed by atoms with Crippen LogP contribution in [-0.4, -0.2) is 35.4 Å². The van der Waals surface area contributed by atoms with E-state index in [4.69, 9.17) is 21.1 Å². The van der Waals surface area contributed by atoms with Crippen molar-refractivity contribution in [1.82, 2.24) is 10.2 Å². The lowest BCUT2D eigenvalue weighted by molar-refractivity contribution is -0.132. The largest absolute Gasteiger partial charge is 0.490 e. The Morgan fingerprint density at radius 2 is 1.86 bits per heavy atom. The number of rotatable bonds is 7. The van der Waals surface area contributed by atoms with E-state index in [9.17, 15) is 14.4 Å². The molecule has 8 heteroatoms. The van der Waals surface area contributed by atoms with E-state index < -0.39 is 17.8 Å². The van der Waals surface area contributed by atoms with Crippen LogP contribution >= 0.6 is 11.6 Å². The number of barbiturate groups is 1. The number of carbonyl (C=O) groups is 3. The predicted molar refractivity (Wildman–Crippen MR) is 133 cm³/mol. The maximum absolute atomic E-state index is 13.2. The van der Waals surface area contributed by atoms with Crippen LogP contribution in [0.3, 0.4) is 0 Å². The summed E-state index contributed by atoms with van der Waals surface area (Å²) < 4.78 is 11.7. The van der Waals surface area contributed by atoms with Crippen LogP contribution < -0.4 is 14.8 Å². The molecule has 7 nitrogen and oxygen atoms in total. The third kappa shape index (κ3) is 5.68. The van der Waals surface area contributed by atoms with Gasteiger partial charge in [-0.1, -0.05) is 60.7 Å². The lowest BCUT2D eigenvalue weighted by Crippen LogP contribution is -2.58. The molecular formula is C27H29ClN2O5. The monoisotopic (exact) mass is 496 g/mol. The van der Waals surface area contributed by atoms with Gasteiger partial charge in [0.2, 0.25) is 0 Å². The Kier molecular flexibility index (Phi) is 7.76. The summed E-state index contributed by atoms with van der Waals surface area (Å²) in [5, 5.41) is 2.60. The number of aryl methyl sites for hydroxylation is 1. The lowest BCUT2D eigenvalue weighted by Gasteiger charge is -2.35. The quantitative estimate of drug-likeness (QED) is 0.408. The number of amides is 4. The van der Waals surface area contributed by atoms with Gasteiger partial charge in [-0.3, -0.25) is 19.8 Å². The Bertz CT molecular complexity index is 1170. The van der Waals surface area contributed by atoms with Crippen LogP contribution in [-0.2, 0) is 16.2 Å². The van der Waals surface area contributed by atoms with Gasteiger partial charge in [0.25, 0.3) is 11.8 Å². The highest BCUT2D eigenvalue weighted by Crippen LogP contribution is 2.38. The molecule has 0 spiro atoms. The molecule has 2 aliphatic rings. The molecule has 0 atom stereocenters. The number of benzene rings is 2. The summed E-state index contributed by atoms with van der Waals surface area (Å²) in [6.45, 7) is 4.53. The number of carbonyl (C=O) groups excluding carboxylic acids is 3. The maximum Gasteiger partial charge on any atom is 0.331 e. The van der Waals surface area contributed by atoms with E-state index >= 15 is 0 Å². The molecule has 35 heavy (non-hydrogen) atoms. The van der Waals surface area contributed by atoms with Crippen LogP contribution in [0.25, 0.3) is 6.08 Å². The first kappa shape index (κ1) is 24.8. The van der Waals surface area contributed by atoms with Crippen molar-refractivity contribution in [2.75, 3.05) is 6.61 Å². The lowest BCUT2D eigenvalue weighted by atomic mass is 9.93. The fourth-order valence-electron chi connectivity index (χ4n) is 4.54. The van der Waals surface area contributed by atoms with Gasteiger partial charge in [-0.2, -0.15) is 0 Å². The summed E-state index contributed by atoms with van der Waals surface area (Å²) in [7, 11) is 0. The van der Waals surface area contributed by atoms with Crippen molar-refractivity contribution in [2.45, 2.75) is 58.6 Å². The highest BCUT2D eigenvalue weighted by atomic mass is 35.5. The molecule has 1 aliphatic heterocycles. The van der Waals surface area contributed by atoms with Crippen LogP contribution in [0.4, 0.5) is 4.79 Å². The van der Waals surface area contributed by atoms with Gasteiger partial charge >= 0.3 is 6.03 Å². The number of hydrogen-bond donors (Lipinski definition) is 1. The van der Waals surface area contributed by atoms with Gasteiger partial charge in [-0.05, 0) is 56.0 Å². The molecule has 0 unspecified atom stereocenters. The molecule has 1 aliphatic carbocycles. The van der Waals surface area contributed by atoms with Crippen LogP contribution in [0, 0.1) is 6.92 Å². The number of hydrogen-bond acceptors (Lipinski definition) is 5. The molecule has 0 aromatic heterocycles. The Labute approximate surface area is 210 Å². The molecule has 1 N–H and O–H groups in total. The normalized spacial score (nSPS) is 18.1. The summed E-state index contributed by atoms with van der Waals surface area (Å²) in [6.07, 6.45) is 5.91. The van der Waals surface area contributed by atoms with Gasteiger partial charge in [0.1, 0.15) is 12.2 Å². The summed E-state index contributed by atoms with van der Waals surface area (Å²) in [5.74, 6) is -0.514. The van der Waals surface area contributed by atoms with E-state index in [1.165, 1.54) is 11.0 Å². The van der Waals surface area contributed by atoms with Crippen LogP contribution in [0.1, 0.15) is 55.7 Å². The molecule has 4 amide bonds. The highest BCUT2D eigenvalue weighted by molar-refractivity contribution is 6.33. The van der Waals surface area contributed by atoms with E-state index in [1.807, 2.05) is 38.1 Å². The van der Waals surface area contributed by atoms with Crippen molar-refractivity contribution in [3.8, 4) is 11.5 Å². The van der Waals surface area contributed by atoms with Gasteiger partial charge in [0.05, 0.1) is 11.6 Å². The van der Waals surface area contributed by atoms with Crippen molar-refractivity contribution in [2.24, 2.45) is 0 Å². The predicted octanol–water partition coefficient (Wildman–Crippen LogP) is 5.42. The van der Waals surface area contributed by atoms with Crippen molar-refractivity contribution >= 4 is 35.5 Å². The minimum atomic E-state index is -0.721. The molecule has 2 fully saturated rings. The highest BCUT2D eigenvalue weighted by Gasteiger charge is 2.40. The molecule has 0 radical (unpaired) electrons. The third-order valence-electron chi connectivity index (χ3n) is 6.18. The molecule has 184 valence electrons.